The van der Waals surface area contributed by atoms with Crippen molar-refractivity contribution in [2.24, 2.45) is 35.5 Å². The number of carbonyl (C=O) groups excluding carboxylic acids is 2. The molecule has 6 atom stereocenters. The molecular formula is C30H36N2O4. The van der Waals surface area contributed by atoms with Crippen LogP contribution in [0, 0.1) is 35.5 Å². The lowest BCUT2D eigenvalue weighted by atomic mass is 9.88. The maximum atomic E-state index is 13.0. The van der Waals surface area contributed by atoms with Gasteiger partial charge in [0.15, 0.2) is 0 Å². The second-order valence-electron chi connectivity index (χ2n) is 11.4. The second kappa shape index (κ2) is 9.45. The van der Waals surface area contributed by atoms with Crippen molar-refractivity contribution in [2.45, 2.75) is 51.4 Å². The number of fused-ring (bicyclic) bond motifs is 4. The first-order chi connectivity index (χ1) is 17.5. The lowest BCUT2D eigenvalue weighted by molar-refractivity contribution is -0.122. The van der Waals surface area contributed by atoms with Crippen LogP contribution in [-0.2, 0) is 9.59 Å². The van der Waals surface area contributed by atoms with Crippen molar-refractivity contribution in [1.82, 2.24) is 0 Å². The van der Waals surface area contributed by atoms with Crippen LogP contribution in [0.15, 0.2) is 36.4 Å². The van der Waals surface area contributed by atoms with Crippen molar-refractivity contribution in [1.29, 1.82) is 0 Å². The van der Waals surface area contributed by atoms with E-state index in [0.29, 0.717) is 34.7 Å². The first kappa shape index (κ1) is 23.4. The van der Waals surface area contributed by atoms with Crippen molar-refractivity contribution in [3.63, 3.8) is 0 Å². The molecule has 0 saturated heterocycles. The molecular weight excluding hydrogens is 452 g/mol. The summed E-state index contributed by atoms with van der Waals surface area (Å²) in [5.41, 5.74) is 3.31. The largest absolute Gasteiger partial charge is 0.495 e. The summed E-state index contributed by atoms with van der Waals surface area (Å²) in [6.45, 7) is 0. The molecule has 6 nitrogen and oxygen atoms in total. The highest BCUT2D eigenvalue weighted by Crippen LogP contribution is 2.50. The molecule has 4 saturated carbocycles. The van der Waals surface area contributed by atoms with Crippen molar-refractivity contribution < 1.29 is 19.1 Å². The standard InChI is InChI=1S/C30H36N2O4/c1-35-27-15-19(7-9-25(27)31-29(33)23-13-17-3-5-21(23)11-17)20-8-10-26(28(16-20)36-2)32-30(34)24-14-18-4-6-22(24)12-18/h7-10,15-18,21-24H,3-6,11-14H2,1-2H3,(H,31,33)(H,32,34)/t17-,18-,21-,22-,23+,24+/m0/s1. The summed E-state index contributed by atoms with van der Waals surface area (Å²) in [5.74, 6) is 4.28. The summed E-state index contributed by atoms with van der Waals surface area (Å²) in [7, 11) is 3.25. The molecule has 4 bridgehead atoms. The number of benzene rings is 2. The molecule has 0 unspecified atom stereocenters. The molecule has 0 aliphatic heterocycles. The number of rotatable bonds is 7. The molecule has 2 amide bonds. The fourth-order valence-corrected chi connectivity index (χ4v) is 7.53. The second-order valence-corrected chi connectivity index (χ2v) is 11.4. The molecule has 4 fully saturated rings. The van der Waals surface area contributed by atoms with E-state index in [0.717, 1.165) is 35.8 Å². The average molecular weight is 489 g/mol. The van der Waals surface area contributed by atoms with Crippen LogP contribution in [0.3, 0.4) is 0 Å². The summed E-state index contributed by atoms with van der Waals surface area (Å²) in [6, 6.07) is 11.7. The van der Waals surface area contributed by atoms with Gasteiger partial charge >= 0.3 is 0 Å². The maximum absolute atomic E-state index is 13.0. The normalized spacial score (nSPS) is 29.8. The molecule has 6 rings (SSSR count). The minimum Gasteiger partial charge on any atom is -0.495 e. The molecule has 2 N–H and O–H groups in total. The molecule has 0 radical (unpaired) electrons. The zero-order valence-corrected chi connectivity index (χ0v) is 21.2. The van der Waals surface area contributed by atoms with E-state index in [1.807, 2.05) is 36.4 Å². The average Bonchev–Trinajstić information content (AvgIpc) is 3.71. The highest BCUT2D eigenvalue weighted by atomic mass is 16.5. The van der Waals surface area contributed by atoms with Gasteiger partial charge in [0.25, 0.3) is 0 Å². The molecule has 4 aliphatic carbocycles. The van der Waals surface area contributed by atoms with E-state index in [4.69, 9.17) is 9.47 Å². The Morgan fingerprint density at radius 3 is 1.44 bits per heavy atom. The highest BCUT2D eigenvalue weighted by Gasteiger charge is 2.44. The van der Waals surface area contributed by atoms with Crippen LogP contribution in [0.1, 0.15) is 51.4 Å². The Balaban J connectivity index is 1.17. The van der Waals surface area contributed by atoms with E-state index >= 15 is 0 Å². The van der Waals surface area contributed by atoms with Gasteiger partial charge in [-0.05, 0) is 97.6 Å². The van der Waals surface area contributed by atoms with Crippen LogP contribution in [0.25, 0.3) is 11.1 Å². The molecule has 0 spiro atoms. The van der Waals surface area contributed by atoms with Crippen LogP contribution >= 0.6 is 0 Å². The fourth-order valence-electron chi connectivity index (χ4n) is 7.53. The third-order valence-corrected chi connectivity index (χ3v) is 9.40. The summed E-state index contributed by atoms with van der Waals surface area (Å²) < 4.78 is 11.3. The summed E-state index contributed by atoms with van der Waals surface area (Å²) in [6.07, 6.45) is 9.35. The van der Waals surface area contributed by atoms with Gasteiger partial charge in [-0.2, -0.15) is 0 Å². The van der Waals surface area contributed by atoms with Crippen LogP contribution in [-0.4, -0.2) is 26.0 Å². The number of amides is 2. The van der Waals surface area contributed by atoms with E-state index in [9.17, 15) is 9.59 Å². The van der Waals surface area contributed by atoms with Gasteiger partial charge in [0.05, 0.1) is 25.6 Å². The summed E-state index contributed by atoms with van der Waals surface area (Å²) in [4.78, 5) is 25.9. The van der Waals surface area contributed by atoms with Crippen LogP contribution in [0.4, 0.5) is 11.4 Å². The Labute approximate surface area is 213 Å². The summed E-state index contributed by atoms with van der Waals surface area (Å²) >= 11 is 0. The quantitative estimate of drug-likeness (QED) is 0.492. The number of hydrogen-bond acceptors (Lipinski definition) is 4. The topological polar surface area (TPSA) is 76.7 Å². The van der Waals surface area contributed by atoms with Gasteiger partial charge in [-0.1, -0.05) is 25.0 Å². The van der Waals surface area contributed by atoms with E-state index < -0.39 is 0 Å². The predicted molar refractivity (Wildman–Crippen MR) is 140 cm³/mol. The Bertz CT molecular complexity index is 1090. The number of ether oxygens (including phenoxy) is 2. The van der Waals surface area contributed by atoms with E-state index in [2.05, 4.69) is 10.6 Å². The minimum absolute atomic E-state index is 0.116. The van der Waals surface area contributed by atoms with Crippen LogP contribution in [0.2, 0.25) is 0 Å². The van der Waals surface area contributed by atoms with Gasteiger partial charge in [-0.3, -0.25) is 9.59 Å². The molecule has 6 heteroatoms. The van der Waals surface area contributed by atoms with E-state index in [-0.39, 0.29) is 23.7 Å². The van der Waals surface area contributed by atoms with E-state index in [1.165, 1.54) is 38.5 Å². The molecule has 0 heterocycles. The van der Waals surface area contributed by atoms with Gasteiger partial charge in [0, 0.05) is 11.8 Å². The molecule has 190 valence electrons. The van der Waals surface area contributed by atoms with Crippen LogP contribution in [0.5, 0.6) is 11.5 Å². The molecule has 36 heavy (non-hydrogen) atoms. The van der Waals surface area contributed by atoms with Gasteiger partial charge in [0.2, 0.25) is 11.8 Å². The fraction of sp³-hybridized carbons (Fsp3) is 0.533. The Morgan fingerprint density at radius 2 is 1.11 bits per heavy atom. The van der Waals surface area contributed by atoms with Crippen molar-refractivity contribution in [3.05, 3.63) is 36.4 Å². The monoisotopic (exact) mass is 488 g/mol. The number of nitrogens with one attached hydrogen (secondary N) is 2. The Morgan fingerprint density at radius 1 is 0.667 bits per heavy atom. The van der Waals surface area contributed by atoms with Crippen molar-refractivity contribution >= 4 is 23.2 Å². The summed E-state index contributed by atoms with van der Waals surface area (Å²) in [5, 5.41) is 6.24. The van der Waals surface area contributed by atoms with Gasteiger partial charge in [0.1, 0.15) is 11.5 Å². The lowest BCUT2D eigenvalue weighted by Gasteiger charge is -2.22. The highest BCUT2D eigenvalue weighted by molar-refractivity contribution is 5.96. The van der Waals surface area contributed by atoms with Gasteiger partial charge in [-0.15, -0.1) is 0 Å². The zero-order chi connectivity index (χ0) is 24.8. The number of carbonyl (C=O) groups is 2. The number of hydrogen-bond donors (Lipinski definition) is 2. The lowest BCUT2D eigenvalue weighted by Crippen LogP contribution is -2.27. The predicted octanol–water partition coefficient (Wildman–Crippen LogP) is 6.12. The molecule has 2 aromatic carbocycles. The van der Waals surface area contributed by atoms with Crippen LogP contribution < -0.4 is 20.1 Å². The van der Waals surface area contributed by atoms with Gasteiger partial charge < -0.3 is 20.1 Å². The third-order valence-electron chi connectivity index (χ3n) is 9.40. The first-order valence-corrected chi connectivity index (χ1v) is 13.5. The maximum Gasteiger partial charge on any atom is 0.227 e. The number of methoxy groups -OCH3 is 2. The Hall–Kier alpha value is -3.02. The molecule has 2 aromatic rings. The third kappa shape index (κ3) is 4.25. The molecule has 0 aromatic heterocycles. The van der Waals surface area contributed by atoms with Crippen molar-refractivity contribution in [2.75, 3.05) is 24.9 Å². The van der Waals surface area contributed by atoms with Gasteiger partial charge in [-0.25, -0.2) is 0 Å². The van der Waals surface area contributed by atoms with Crippen molar-refractivity contribution in [3.8, 4) is 22.6 Å². The smallest absolute Gasteiger partial charge is 0.227 e. The zero-order valence-electron chi connectivity index (χ0n) is 21.2. The molecule has 4 aliphatic rings. The minimum atomic E-state index is 0.116. The SMILES string of the molecule is COc1cc(-c2ccc(NC(=O)[C@@H]3C[C@H]4CC[C@H]3C4)c(OC)c2)ccc1NC(=O)[C@@H]1C[C@H]2CC[C@H]1C2. The first-order valence-electron chi connectivity index (χ1n) is 13.5. The Kier molecular flexibility index (Phi) is 6.14. The van der Waals surface area contributed by atoms with E-state index in [1.54, 1.807) is 14.2 Å². The number of anilines is 2.